The van der Waals surface area contributed by atoms with Gasteiger partial charge < -0.3 is 15.2 Å². The summed E-state index contributed by atoms with van der Waals surface area (Å²) in [5, 5.41) is 8.87. The van der Waals surface area contributed by atoms with Crippen molar-refractivity contribution in [2.75, 3.05) is 6.54 Å². The first-order chi connectivity index (χ1) is 12.7. The first-order valence-electron chi connectivity index (χ1n) is 8.83. The Morgan fingerprint density at radius 3 is 2.78 bits per heavy atom. The first kappa shape index (κ1) is 21.4. The SMILES string of the molecule is CCNC(=NCc1cccc(Cn2ccnc2)c1)NCc1sccc1C.I. The average molecular weight is 495 g/mol. The molecule has 2 aromatic heterocycles. The van der Waals surface area contributed by atoms with Gasteiger partial charge in [0.15, 0.2) is 5.96 Å². The number of aromatic nitrogens is 2. The number of thiophene rings is 1. The molecule has 0 saturated carbocycles. The Labute approximate surface area is 182 Å². The summed E-state index contributed by atoms with van der Waals surface area (Å²) in [5.74, 6) is 0.848. The van der Waals surface area contributed by atoms with Gasteiger partial charge in [0.1, 0.15) is 0 Å². The van der Waals surface area contributed by atoms with Crippen LogP contribution in [-0.4, -0.2) is 22.1 Å². The molecule has 0 unspecified atom stereocenters. The van der Waals surface area contributed by atoms with Gasteiger partial charge >= 0.3 is 0 Å². The van der Waals surface area contributed by atoms with Crippen LogP contribution in [0.3, 0.4) is 0 Å². The molecule has 0 spiro atoms. The van der Waals surface area contributed by atoms with E-state index in [9.17, 15) is 0 Å². The van der Waals surface area contributed by atoms with E-state index in [2.05, 4.69) is 69.7 Å². The summed E-state index contributed by atoms with van der Waals surface area (Å²) in [6, 6.07) is 10.7. The highest BCUT2D eigenvalue weighted by Crippen LogP contribution is 2.14. The van der Waals surface area contributed by atoms with Crippen LogP contribution in [0.25, 0.3) is 0 Å². The Morgan fingerprint density at radius 2 is 2.07 bits per heavy atom. The van der Waals surface area contributed by atoms with Crippen molar-refractivity contribution in [3.63, 3.8) is 0 Å². The van der Waals surface area contributed by atoms with E-state index in [-0.39, 0.29) is 24.0 Å². The van der Waals surface area contributed by atoms with Crippen LogP contribution < -0.4 is 10.6 Å². The maximum Gasteiger partial charge on any atom is 0.191 e. The summed E-state index contributed by atoms with van der Waals surface area (Å²) in [4.78, 5) is 10.2. The van der Waals surface area contributed by atoms with Crippen molar-refractivity contribution in [1.29, 1.82) is 0 Å². The van der Waals surface area contributed by atoms with Crippen molar-refractivity contribution in [3.8, 4) is 0 Å². The van der Waals surface area contributed by atoms with Gasteiger partial charge in [-0.25, -0.2) is 9.98 Å². The molecule has 3 rings (SSSR count). The van der Waals surface area contributed by atoms with Gasteiger partial charge in [0.2, 0.25) is 0 Å². The molecular weight excluding hydrogens is 469 g/mol. The number of nitrogens with zero attached hydrogens (tertiary/aromatic N) is 3. The molecule has 0 aliphatic rings. The van der Waals surface area contributed by atoms with E-state index in [4.69, 9.17) is 4.99 Å². The average Bonchev–Trinajstić information content (AvgIpc) is 3.29. The molecular formula is C20H26IN5S. The summed E-state index contributed by atoms with van der Waals surface area (Å²) >= 11 is 1.77. The van der Waals surface area contributed by atoms with E-state index in [1.807, 2.05) is 12.5 Å². The Hall–Kier alpha value is -1.87. The number of hydrogen-bond donors (Lipinski definition) is 2. The summed E-state index contributed by atoms with van der Waals surface area (Å²) in [6.45, 7) is 7.35. The zero-order valence-electron chi connectivity index (χ0n) is 15.7. The van der Waals surface area contributed by atoms with E-state index >= 15 is 0 Å². The van der Waals surface area contributed by atoms with Crippen LogP contribution >= 0.6 is 35.3 Å². The van der Waals surface area contributed by atoms with Crippen molar-refractivity contribution >= 4 is 41.3 Å². The smallest absolute Gasteiger partial charge is 0.191 e. The second kappa shape index (κ2) is 11.1. The van der Waals surface area contributed by atoms with Crippen LogP contribution in [-0.2, 0) is 19.6 Å². The van der Waals surface area contributed by atoms with Crippen molar-refractivity contribution in [2.45, 2.75) is 33.5 Å². The minimum Gasteiger partial charge on any atom is -0.357 e. The lowest BCUT2D eigenvalue weighted by molar-refractivity contribution is 0.794. The van der Waals surface area contributed by atoms with Crippen LogP contribution in [0.2, 0.25) is 0 Å². The van der Waals surface area contributed by atoms with Crippen molar-refractivity contribution < 1.29 is 0 Å². The fourth-order valence-corrected chi connectivity index (χ4v) is 3.52. The topological polar surface area (TPSA) is 54.2 Å². The molecule has 0 atom stereocenters. The van der Waals surface area contributed by atoms with Crippen LogP contribution in [0, 0.1) is 6.92 Å². The normalized spacial score (nSPS) is 11.1. The number of guanidine groups is 1. The van der Waals surface area contributed by atoms with E-state index < -0.39 is 0 Å². The zero-order valence-corrected chi connectivity index (χ0v) is 18.8. The number of benzene rings is 1. The standard InChI is InChI=1S/C20H25N5S.HI/c1-3-22-20(24-13-19-16(2)7-10-26-19)23-12-17-5-4-6-18(11-17)14-25-9-8-21-15-25;/h4-11,15H,3,12-14H2,1-2H3,(H2,22,23,24);1H. The minimum atomic E-state index is 0. The number of nitrogens with one attached hydrogen (secondary N) is 2. The lowest BCUT2D eigenvalue weighted by Gasteiger charge is -2.11. The van der Waals surface area contributed by atoms with E-state index in [1.165, 1.54) is 21.6 Å². The lowest BCUT2D eigenvalue weighted by Crippen LogP contribution is -2.36. The molecule has 0 aliphatic carbocycles. The van der Waals surface area contributed by atoms with Gasteiger partial charge in [0.05, 0.1) is 19.4 Å². The molecule has 144 valence electrons. The number of imidazole rings is 1. The van der Waals surface area contributed by atoms with E-state index in [1.54, 1.807) is 17.5 Å². The second-order valence-electron chi connectivity index (χ2n) is 6.13. The van der Waals surface area contributed by atoms with Crippen LogP contribution in [0.5, 0.6) is 0 Å². The van der Waals surface area contributed by atoms with Crippen LogP contribution in [0.1, 0.15) is 28.5 Å². The molecule has 2 N–H and O–H groups in total. The third-order valence-electron chi connectivity index (χ3n) is 4.06. The predicted octanol–water partition coefficient (Wildman–Crippen LogP) is 4.17. The Kier molecular flexibility index (Phi) is 8.80. The fourth-order valence-electron chi connectivity index (χ4n) is 2.68. The molecule has 0 amide bonds. The molecule has 27 heavy (non-hydrogen) atoms. The van der Waals surface area contributed by atoms with Gasteiger partial charge in [-0.2, -0.15) is 0 Å². The summed E-state index contributed by atoms with van der Waals surface area (Å²) in [7, 11) is 0. The van der Waals surface area contributed by atoms with Gasteiger partial charge in [-0.15, -0.1) is 35.3 Å². The molecule has 2 heterocycles. The molecule has 0 radical (unpaired) electrons. The number of halogens is 1. The number of hydrogen-bond acceptors (Lipinski definition) is 3. The molecule has 3 aromatic rings. The summed E-state index contributed by atoms with van der Waals surface area (Å²) < 4.78 is 2.07. The van der Waals surface area contributed by atoms with Crippen LogP contribution in [0.15, 0.2) is 59.4 Å². The zero-order chi connectivity index (χ0) is 18.2. The second-order valence-corrected chi connectivity index (χ2v) is 7.13. The highest BCUT2D eigenvalue weighted by atomic mass is 127. The summed E-state index contributed by atoms with van der Waals surface area (Å²) in [5.41, 5.74) is 3.78. The van der Waals surface area contributed by atoms with Crippen molar-refractivity contribution in [3.05, 3.63) is 76.0 Å². The van der Waals surface area contributed by atoms with Gasteiger partial charge in [0, 0.05) is 30.4 Å². The maximum atomic E-state index is 4.73. The molecule has 0 bridgehead atoms. The largest absolute Gasteiger partial charge is 0.357 e. The molecule has 0 saturated heterocycles. The van der Waals surface area contributed by atoms with Crippen molar-refractivity contribution in [1.82, 2.24) is 20.2 Å². The number of aryl methyl sites for hydroxylation is 1. The van der Waals surface area contributed by atoms with Gasteiger partial charge in [-0.05, 0) is 42.0 Å². The molecule has 7 heteroatoms. The third-order valence-corrected chi connectivity index (χ3v) is 5.09. The van der Waals surface area contributed by atoms with Crippen LogP contribution in [0.4, 0.5) is 0 Å². The first-order valence-corrected chi connectivity index (χ1v) is 9.71. The fraction of sp³-hybridized carbons (Fsp3) is 0.300. The van der Waals surface area contributed by atoms with E-state index in [0.717, 1.165) is 25.6 Å². The van der Waals surface area contributed by atoms with E-state index in [0.29, 0.717) is 6.54 Å². The molecule has 1 aromatic carbocycles. The quantitative estimate of drug-likeness (QED) is 0.294. The number of rotatable bonds is 7. The third kappa shape index (κ3) is 6.66. The Morgan fingerprint density at radius 1 is 1.22 bits per heavy atom. The van der Waals surface area contributed by atoms with Gasteiger partial charge in [0.25, 0.3) is 0 Å². The Balaban J connectivity index is 0.00000261. The predicted molar refractivity (Wildman–Crippen MR) is 124 cm³/mol. The van der Waals surface area contributed by atoms with Gasteiger partial charge in [-0.3, -0.25) is 0 Å². The molecule has 0 fully saturated rings. The maximum absolute atomic E-state index is 4.73. The van der Waals surface area contributed by atoms with Crippen molar-refractivity contribution in [2.24, 2.45) is 4.99 Å². The molecule has 0 aliphatic heterocycles. The molecule has 5 nitrogen and oxygen atoms in total. The summed E-state index contributed by atoms with van der Waals surface area (Å²) in [6.07, 6.45) is 5.62. The Bertz CT molecular complexity index is 842. The lowest BCUT2D eigenvalue weighted by atomic mass is 10.1. The minimum absolute atomic E-state index is 0. The highest BCUT2D eigenvalue weighted by Gasteiger charge is 2.03. The van der Waals surface area contributed by atoms with Gasteiger partial charge in [-0.1, -0.05) is 24.3 Å². The highest BCUT2D eigenvalue weighted by molar-refractivity contribution is 14.0. The number of aliphatic imine (C=N–C) groups is 1. The monoisotopic (exact) mass is 495 g/mol.